The molecule has 1 N–H and O–H groups in total. The second-order valence-corrected chi connectivity index (χ2v) is 5.70. The van der Waals surface area contributed by atoms with E-state index in [0.29, 0.717) is 12.1 Å². The molecule has 1 aromatic heterocycles. The standard InChI is InChI=1S/C16H17NO3S/c1-12(16(19)20)9-17(10-13-5-3-2-4-6-13)15(18)14-7-8-21-11-14/h2-8,11-12H,9-10H2,1H3,(H,19,20). The number of carboxylic acids is 1. The molecule has 0 aliphatic carbocycles. The van der Waals surface area contributed by atoms with Crippen LogP contribution in [0.2, 0.25) is 0 Å². The number of benzene rings is 1. The van der Waals surface area contributed by atoms with Crippen LogP contribution in [0.4, 0.5) is 0 Å². The van der Waals surface area contributed by atoms with E-state index in [4.69, 9.17) is 5.11 Å². The molecule has 0 fully saturated rings. The van der Waals surface area contributed by atoms with E-state index >= 15 is 0 Å². The number of hydrogen-bond acceptors (Lipinski definition) is 3. The molecule has 1 aromatic carbocycles. The Bertz CT molecular complexity index is 595. The number of nitrogens with zero attached hydrogens (tertiary/aromatic N) is 1. The number of amides is 1. The Morgan fingerprint density at radius 3 is 2.52 bits per heavy atom. The topological polar surface area (TPSA) is 57.6 Å². The Morgan fingerprint density at radius 2 is 1.95 bits per heavy atom. The lowest BCUT2D eigenvalue weighted by Crippen LogP contribution is -2.36. The quantitative estimate of drug-likeness (QED) is 0.892. The molecule has 0 aliphatic rings. The van der Waals surface area contributed by atoms with E-state index in [9.17, 15) is 9.59 Å². The number of carbonyl (C=O) groups is 2. The summed E-state index contributed by atoms with van der Waals surface area (Å²) in [4.78, 5) is 25.2. The Kier molecular flexibility index (Phi) is 5.11. The molecule has 1 amide bonds. The molecule has 0 saturated carbocycles. The van der Waals surface area contributed by atoms with Crippen molar-refractivity contribution in [3.05, 3.63) is 58.3 Å². The first-order valence-corrected chi connectivity index (χ1v) is 7.60. The molecule has 0 bridgehead atoms. The van der Waals surface area contributed by atoms with E-state index in [1.165, 1.54) is 11.3 Å². The third-order valence-electron chi connectivity index (χ3n) is 3.19. The van der Waals surface area contributed by atoms with Crippen LogP contribution in [0.3, 0.4) is 0 Å². The van der Waals surface area contributed by atoms with Crippen LogP contribution < -0.4 is 0 Å². The van der Waals surface area contributed by atoms with E-state index in [1.54, 1.807) is 23.3 Å². The van der Waals surface area contributed by atoms with Gasteiger partial charge in [0.1, 0.15) is 0 Å². The maximum absolute atomic E-state index is 12.5. The maximum Gasteiger partial charge on any atom is 0.308 e. The molecule has 2 aromatic rings. The fourth-order valence-electron chi connectivity index (χ4n) is 2.00. The summed E-state index contributed by atoms with van der Waals surface area (Å²) in [7, 11) is 0. The molecule has 4 nitrogen and oxygen atoms in total. The van der Waals surface area contributed by atoms with Gasteiger partial charge in [-0.05, 0) is 17.0 Å². The normalized spacial score (nSPS) is 11.9. The predicted molar refractivity (Wildman–Crippen MR) is 82.3 cm³/mol. The maximum atomic E-state index is 12.5. The molecule has 21 heavy (non-hydrogen) atoms. The van der Waals surface area contributed by atoms with Gasteiger partial charge in [0, 0.05) is 18.5 Å². The zero-order valence-electron chi connectivity index (χ0n) is 11.7. The zero-order valence-corrected chi connectivity index (χ0v) is 12.5. The van der Waals surface area contributed by atoms with Gasteiger partial charge in [0.2, 0.25) is 0 Å². The van der Waals surface area contributed by atoms with Crippen molar-refractivity contribution in [3.63, 3.8) is 0 Å². The Hall–Kier alpha value is -2.14. The largest absolute Gasteiger partial charge is 0.481 e. The smallest absolute Gasteiger partial charge is 0.308 e. The summed E-state index contributed by atoms with van der Waals surface area (Å²) in [6, 6.07) is 11.3. The van der Waals surface area contributed by atoms with Crippen molar-refractivity contribution in [2.24, 2.45) is 5.92 Å². The van der Waals surface area contributed by atoms with E-state index in [1.807, 2.05) is 35.7 Å². The van der Waals surface area contributed by atoms with Crippen LogP contribution in [0, 0.1) is 5.92 Å². The van der Waals surface area contributed by atoms with Crippen LogP contribution in [0.15, 0.2) is 47.2 Å². The highest BCUT2D eigenvalue weighted by atomic mass is 32.1. The molecular weight excluding hydrogens is 286 g/mol. The summed E-state index contributed by atoms with van der Waals surface area (Å²) in [6.45, 7) is 2.22. The summed E-state index contributed by atoms with van der Waals surface area (Å²) in [5, 5.41) is 12.7. The van der Waals surface area contributed by atoms with Crippen molar-refractivity contribution >= 4 is 23.2 Å². The van der Waals surface area contributed by atoms with E-state index in [0.717, 1.165) is 5.56 Å². The third-order valence-corrected chi connectivity index (χ3v) is 3.87. The summed E-state index contributed by atoms with van der Waals surface area (Å²) in [5.41, 5.74) is 1.59. The van der Waals surface area contributed by atoms with Gasteiger partial charge in [-0.3, -0.25) is 9.59 Å². The van der Waals surface area contributed by atoms with Crippen molar-refractivity contribution in [1.29, 1.82) is 0 Å². The summed E-state index contributed by atoms with van der Waals surface area (Å²) >= 11 is 1.45. The fraction of sp³-hybridized carbons (Fsp3) is 0.250. The van der Waals surface area contributed by atoms with Gasteiger partial charge in [-0.1, -0.05) is 37.3 Å². The molecule has 1 atom stereocenters. The van der Waals surface area contributed by atoms with Gasteiger partial charge < -0.3 is 10.0 Å². The lowest BCUT2D eigenvalue weighted by molar-refractivity contribution is -0.141. The van der Waals surface area contributed by atoms with Crippen molar-refractivity contribution in [2.75, 3.05) is 6.54 Å². The molecule has 110 valence electrons. The number of aliphatic carboxylic acids is 1. The summed E-state index contributed by atoms with van der Waals surface area (Å²) in [6.07, 6.45) is 0. The van der Waals surface area contributed by atoms with Crippen LogP contribution in [0.25, 0.3) is 0 Å². The second kappa shape index (κ2) is 7.04. The van der Waals surface area contributed by atoms with Crippen LogP contribution in [0.1, 0.15) is 22.8 Å². The highest BCUT2D eigenvalue weighted by Crippen LogP contribution is 2.14. The van der Waals surface area contributed by atoms with Gasteiger partial charge in [-0.15, -0.1) is 0 Å². The number of rotatable bonds is 6. The van der Waals surface area contributed by atoms with Gasteiger partial charge in [-0.2, -0.15) is 11.3 Å². The molecule has 0 aliphatic heterocycles. The molecule has 2 rings (SSSR count). The van der Waals surface area contributed by atoms with Crippen LogP contribution >= 0.6 is 11.3 Å². The third kappa shape index (κ3) is 4.16. The summed E-state index contributed by atoms with van der Waals surface area (Å²) < 4.78 is 0. The van der Waals surface area contributed by atoms with Crippen LogP contribution in [-0.2, 0) is 11.3 Å². The van der Waals surface area contributed by atoms with Gasteiger partial charge >= 0.3 is 5.97 Å². The van der Waals surface area contributed by atoms with Crippen molar-refractivity contribution in [1.82, 2.24) is 4.90 Å². The van der Waals surface area contributed by atoms with Crippen LogP contribution in [-0.4, -0.2) is 28.4 Å². The number of carbonyl (C=O) groups excluding carboxylic acids is 1. The van der Waals surface area contributed by atoms with Crippen molar-refractivity contribution in [3.8, 4) is 0 Å². The molecule has 0 saturated heterocycles. The highest BCUT2D eigenvalue weighted by Gasteiger charge is 2.22. The van der Waals surface area contributed by atoms with Crippen molar-refractivity contribution < 1.29 is 14.7 Å². The van der Waals surface area contributed by atoms with E-state index < -0.39 is 11.9 Å². The molecule has 5 heteroatoms. The summed E-state index contributed by atoms with van der Waals surface area (Å²) in [5.74, 6) is -1.63. The predicted octanol–water partition coefficient (Wildman–Crippen LogP) is 3.11. The molecule has 0 spiro atoms. The van der Waals surface area contributed by atoms with Gasteiger partial charge in [-0.25, -0.2) is 0 Å². The first-order chi connectivity index (χ1) is 10.1. The minimum atomic E-state index is -0.897. The van der Waals surface area contributed by atoms with Crippen LogP contribution in [0.5, 0.6) is 0 Å². The number of hydrogen-bond donors (Lipinski definition) is 1. The average Bonchev–Trinajstić information content (AvgIpc) is 3.01. The first-order valence-electron chi connectivity index (χ1n) is 6.66. The Morgan fingerprint density at radius 1 is 1.24 bits per heavy atom. The lowest BCUT2D eigenvalue weighted by atomic mass is 10.1. The molecule has 1 heterocycles. The SMILES string of the molecule is CC(CN(Cc1ccccc1)C(=O)c1ccsc1)C(=O)O. The van der Waals surface area contributed by atoms with Gasteiger partial charge in [0.05, 0.1) is 11.5 Å². The zero-order chi connectivity index (χ0) is 15.2. The monoisotopic (exact) mass is 303 g/mol. The Balaban J connectivity index is 2.17. The van der Waals surface area contributed by atoms with Gasteiger partial charge in [0.15, 0.2) is 0 Å². The lowest BCUT2D eigenvalue weighted by Gasteiger charge is -2.24. The minimum absolute atomic E-state index is 0.131. The molecule has 1 unspecified atom stereocenters. The Labute approximate surface area is 127 Å². The van der Waals surface area contributed by atoms with E-state index in [2.05, 4.69) is 0 Å². The number of carboxylic acid groups (broad SMARTS) is 1. The number of thiophene rings is 1. The van der Waals surface area contributed by atoms with Crippen molar-refractivity contribution in [2.45, 2.75) is 13.5 Å². The molecular formula is C16H17NO3S. The second-order valence-electron chi connectivity index (χ2n) is 4.92. The highest BCUT2D eigenvalue weighted by molar-refractivity contribution is 7.08. The van der Waals surface area contributed by atoms with E-state index in [-0.39, 0.29) is 12.5 Å². The average molecular weight is 303 g/mol. The first kappa shape index (κ1) is 15.3. The van der Waals surface area contributed by atoms with Gasteiger partial charge in [0.25, 0.3) is 5.91 Å². The minimum Gasteiger partial charge on any atom is -0.481 e. The molecule has 0 radical (unpaired) electrons. The fourth-order valence-corrected chi connectivity index (χ4v) is 2.63.